The first-order chi connectivity index (χ1) is 8.83. The maximum Gasteiger partial charge on any atom is 0.180 e. The first-order valence-electron chi connectivity index (χ1n) is 5.79. The quantitative estimate of drug-likeness (QED) is 0.686. The minimum atomic E-state index is 0.543. The van der Waals surface area contributed by atoms with Gasteiger partial charge >= 0.3 is 0 Å². The predicted octanol–water partition coefficient (Wildman–Crippen LogP) is 2.99. The number of nitrogens with zero attached hydrogens (tertiary/aromatic N) is 4. The second-order valence-corrected chi connectivity index (χ2v) is 5.88. The zero-order valence-electron chi connectivity index (χ0n) is 9.43. The summed E-state index contributed by atoms with van der Waals surface area (Å²) in [5.41, 5.74) is 2.14. The number of halogens is 1. The number of fused-ring (bicyclic) bond motifs is 2. The summed E-state index contributed by atoms with van der Waals surface area (Å²) in [5.74, 6) is 0.816. The van der Waals surface area contributed by atoms with Crippen molar-refractivity contribution >= 4 is 28.6 Å². The van der Waals surface area contributed by atoms with Crippen LogP contribution < -0.4 is 0 Å². The fourth-order valence-corrected chi connectivity index (χ4v) is 3.86. The van der Waals surface area contributed by atoms with Crippen molar-refractivity contribution in [2.75, 3.05) is 0 Å². The average molecular weight is 277 g/mol. The normalized spacial score (nSPS) is 14.3. The minimum Gasteiger partial charge on any atom is -0.262 e. The van der Waals surface area contributed by atoms with Gasteiger partial charge in [-0.15, -0.1) is 21.5 Å². The van der Waals surface area contributed by atoms with Gasteiger partial charge in [-0.3, -0.25) is 9.38 Å². The summed E-state index contributed by atoms with van der Waals surface area (Å²) in [5, 5.41) is 8.89. The number of thiophene rings is 1. The van der Waals surface area contributed by atoms with Gasteiger partial charge in [0.25, 0.3) is 0 Å². The lowest BCUT2D eigenvalue weighted by molar-refractivity contribution is 0.914. The second kappa shape index (κ2) is 3.76. The molecule has 0 saturated heterocycles. The molecule has 6 heteroatoms. The lowest BCUT2D eigenvalue weighted by Gasteiger charge is -1.99. The predicted molar refractivity (Wildman–Crippen MR) is 71.1 cm³/mol. The molecule has 1 aliphatic carbocycles. The molecule has 0 N–H and O–H groups in total. The van der Waals surface area contributed by atoms with E-state index in [4.69, 9.17) is 11.6 Å². The molecule has 0 amide bonds. The van der Waals surface area contributed by atoms with E-state index in [1.165, 1.54) is 29.7 Å². The van der Waals surface area contributed by atoms with Crippen LogP contribution in [0.25, 0.3) is 16.3 Å². The third-order valence-electron chi connectivity index (χ3n) is 3.24. The molecule has 4 rings (SSSR count). The highest BCUT2D eigenvalue weighted by molar-refractivity contribution is 7.15. The van der Waals surface area contributed by atoms with Gasteiger partial charge in [0.15, 0.2) is 11.5 Å². The molecule has 0 unspecified atom stereocenters. The number of hydrogen-bond acceptors (Lipinski definition) is 4. The van der Waals surface area contributed by atoms with E-state index in [1.54, 1.807) is 23.7 Å². The Morgan fingerprint density at radius 1 is 1.22 bits per heavy atom. The lowest BCUT2D eigenvalue weighted by atomic mass is 10.2. The molecule has 0 radical (unpaired) electrons. The van der Waals surface area contributed by atoms with Crippen molar-refractivity contribution in [3.8, 4) is 10.7 Å². The molecule has 0 atom stereocenters. The number of aryl methyl sites for hydroxylation is 2. The van der Waals surface area contributed by atoms with Crippen LogP contribution in [-0.2, 0) is 12.8 Å². The van der Waals surface area contributed by atoms with Crippen LogP contribution in [0, 0.1) is 0 Å². The van der Waals surface area contributed by atoms with Crippen molar-refractivity contribution in [3.63, 3.8) is 0 Å². The number of aromatic nitrogens is 4. The summed E-state index contributed by atoms with van der Waals surface area (Å²) in [6.07, 6.45) is 6.92. The molecule has 0 saturated carbocycles. The van der Waals surface area contributed by atoms with Gasteiger partial charge < -0.3 is 0 Å². The number of hydrogen-bond donors (Lipinski definition) is 0. The van der Waals surface area contributed by atoms with Crippen molar-refractivity contribution in [3.05, 3.63) is 34.1 Å². The van der Waals surface area contributed by atoms with Crippen molar-refractivity contribution in [2.24, 2.45) is 0 Å². The zero-order valence-corrected chi connectivity index (χ0v) is 11.0. The van der Waals surface area contributed by atoms with Gasteiger partial charge in [0.2, 0.25) is 0 Å². The number of rotatable bonds is 1. The van der Waals surface area contributed by atoms with Crippen LogP contribution >= 0.6 is 22.9 Å². The summed E-state index contributed by atoms with van der Waals surface area (Å²) in [7, 11) is 0. The molecule has 3 heterocycles. The highest BCUT2D eigenvalue weighted by Gasteiger charge is 2.19. The Hall–Kier alpha value is -1.46. The van der Waals surface area contributed by atoms with E-state index in [0.29, 0.717) is 10.8 Å². The van der Waals surface area contributed by atoms with Crippen LogP contribution in [-0.4, -0.2) is 19.6 Å². The maximum absolute atomic E-state index is 6.17. The largest absolute Gasteiger partial charge is 0.262 e. The summed E-state index contributed by atoms with van der Waals surface area (Å²) in [6, 6.07) is 2.22. The van der Waals surface area contributed by atoms with E-state index < -0.39 is 0 Å². The fraction of sp³-hybridized carbons (Fsp3) is 0.250. The van der Waals surface area contributed by atoms with Crippen molar-refractivity contribution in [1.29, 1.82) is 0 Å². The smallest absolute Gasteiger partial charge is 0.180 e. The van der Waals surface area contributed by atoms with Gasteiger partial charge in [0.1, 0.15) is 5.15 Å². The van der Waals surface area contributed by atoms with Gasteiger partial charge in [0.05, 0.1) is 17.3 Å². The van der Waals surface area contributed by atoms with Crippen LogP contribution in [0.15, 0.2) is 18.5 Å². The van der Waals surface area contributed by atoms with Gasteiger partial charge in [-0.1, -0.05) is 11.6 Å². The molecule has 0 aromatic carbocycles. The maximum atomic E-state index is 6.17. The molecule has 90 valence electrons. The highest BCUT2D eigenvalue weighted by atomic mass is 35.5. The highest BCUT2D eigenvalue weighted by Crippen LogP contribution is 2.36. The molecule has 0 bridgehead atoms. The van der Waals surface area contributed by atoms with Crippen molar-refractivity contribution in [2.45, 2.75) is 19.3 Å². The molecule has 3 aromatic rings. The summed E-state index contributed by atoms with van der Waals surface area (Å²) in [4.78, 5) is 6.64. The summed E-state index contributed by atoms with van der Waals surface area (Å²) >= 11 is 7.97. The van der Waals surface area contributed by atoms with Crippen LogP contribution in [0.4, 0.5) is 0 Å². The molecular weight excluding hydrogens is 268 g/mol. The van der Waals surface area contributed by atoms with Crippen LogP contribution in [0.3, 0.4) is 0 Å². The van der Waals surface area contributed by atoms with E-state index in [2.05, 4.69) is 21.2 Å². The van der Waals surface area contributed by atoms with Crippen LogP contribution in [0.2, 0.25) is 5.15 Å². The Morgan fingerprint density at radius 3 is 3.06 bits per heavy atom. The van der Waals surface area contributed by atoms with Gasteiger partial charge in [-0.2, -0.15) is 0 Å². The van der Waals surface area contributed by atoms with Gasteiger partial charge in [0, 0.05) is 4.88 Å². The Kier molecular flexibility index (Phi) is 2.19. The Balaban J connectivity index is 1.96. The Morgan fingerprint density at radius 2 is 2.17 bits per heavy atom. The molecule has 0 fully saturated rings. The topological polar surface area (TPSA) is 43.1 Å². The van der Waals surface area contributed by atoms with Gasteiger partial charge in [-0.05, 0) is 30.9 Å². The lowest BCUT2D eigenvalue weighted by Crippen LogP contribution is -1.90. The van der Waals surface area contributed by atoms with Crippen LogP contribution in [0.1, 0.15) is 16.9 Å². The average Bonchev–Trinajstić information content (AvgIpc) is 3.00. The van der Waals surface area contributed by atoms with E-state index in [1.807, 2.05) is 4.40 Å². The van der Waals surface area contributed by atoms with Crippen molar-refractivity contribution in [1.82, 2.24) is 19.6 Å². The Bertz CT molecular complexity index is 724. The fourth-order valence-electron chi connectivity index (χ4n) is 2.41. The SMILES string of the molecule is Clc1cncc2nnc(-c3cc4c(s3)CCC4)n12. The molecular formula is C12H9ClN4S. The van der Waals surface area contributed by atoms with E-state index in [0.717, 1.165) is 10.7 Å². The summed E-state index contributed by atoms with van der Waals surface area (Å²) in [6.45, 7) is 0. The molecule has 4 nitrogen and oxygen atoms in total. The van der Waals surface area contributed by atoms with E-state index in [9.17, 15) is 0 Å². The second-order valence-electron chi connectivity index (χ2n) is 4.36. The third-order valence-corrected chi connectivity index (χ3v) is 4.74. The minimum absolute atomic E-state index is 0.543. The Labute approximate surface area is 112 Å². The molecule has 0 spiro atoms. The first kappa shape index (κ1) is 10.5. The van der Waals surface area contributed by atoms with E-state index in [-0.39, 0.29) is 0 Å². The van der Waals surface area contributed by atoms with E-state index >= 15 is 0 Å². The third kappa shape index (κ3) is 1.41. The standard InChI is InChI=1S/C12H9ClN4S/c13-10-5-14-6-11-15-16-12(17(10)11)9-4-7-2-1-3-8(7)18-9/h4-6H,1-3H2. The van der Waals surface area contributed by atoms with Crippen molar-refractivity contribution < 1.29 is 0 Å². The molecule has 0 aliphatic heterocycles. The molecule has 18 heavy (non-hydrogen) atoms. The molecule has 3 aromatic heterocycles. The van der Waals surface area contributed by atoms with Crippen LogP contribution in [0.5, 0.6) is 0 Å². The first-order valence-corrected chi connectivity index (χ1v) is 6.99. The monoisotopic (exact) mass is 276 g/mol. The van der Waals surface area contributed by atoms with Gasteiger partial charge in [-0.25, -0.2) is 0 Å². The molecule has 1 aliphatic rings. The zero-order chi connectivity index (χ0) is 12.1. The summed E-state index contributed by atoms with van der Waals surface area (Å²) < 4.78 is 1.84.